The van der Waals surface area contributed by atoms with Gasteiger partial charge in [0.1, 0.15) is 0 Å². The lowest BCUT2D eigenvalue weighted by Crippen LogP contribution is -2.42. The summed E-state index contributed by atoms with van der Waals surface area (Å²) in [4.78, 5) is 12.1. The zero-order valence-electron chi connectivity index (χ0n) is 13.1. The van der Waals surface area contributed by atoms with Crippen molar-refractivity contribution >= 4 is 32.7 Å². The molecule has 1 aromatic carbocycles. The Labute approximate surface area is 139 Å². The second-order valence-corrected chi connectivity index (χ2v) is 6.62. The van der Waals surface area contributed by atoms with Crippen molar-refractivity contribution in [3.05, 3.63) is 34.9 Å². The summed E-state index contributed by atoms with van der Waals surface area (Å²) in [5, 5.41) is 13.5. The molecule has 2 atom stereocenters. The van der Waals surface area contributed by atoms with E-state index in [1.807, 2.05) is 19.2 Å². The number of aliphatic hydroxyl groups is 1. The highest BCUT2D eigenvalue weighted by molar-refractivity contribution is 9.10. The number of aliphatic hydroxyl groups excluding tert-OH is 1. The number of amides is 1. The number of aryl methyl sites for hydroxylation is 1. The number of fused-ring (bicyclic) bond motifs is 1. The first kappa shape index (κ1) is 17.0. The summed E-state index contributed by atoms with van der Waals surface area (Å²) in [6.07, 6.45) is 3.34. The minimum atomic E-state index is -0.159. The predicted octanol–water partition coefficient (Wildman–Crippen LogP) is 3.32. The van der Waals surface area contributed by atoms with E-state index in [4.69, 9.17) is 0 Å². The predicted molar refractivity (Wildman–Crippen MR) is 92.7 cm³/mol. The van der Waals surface area contributed by atoms with Gasteiger partial charge in [0, 0.05) is 29.2 Å². The molecule has 2 unspecified atom stereocenters. The molecular formula is C17H23BrN2O2. The van der Waals surface area contributed by atoms with Crippen LogP contribution in [0.3, 0.4) is 0 Å². The van der Waals surface area contributed by atoms with Gasteiger partial charge in [-0.15, -0.1) is 0 Å². The van der Waals surface area contributed by atoms with E-state index in [1.165, 1.54) is 0 Å². The maximum absolute atomic E-state index is 12.1. The monoisotopic (exact) mass is 366 g/mol. The van der Waals surface area contributed by atoms with Crippen molar-refractivity contribution in [1.82, 2.24) is 9.88 Å². The van der Waals surface area contributed by atoms with E-state index >= 15 is 0 Å². The molecule has 0 aliphatic carbocycles. The Bertz CT molecular complexity index is 639. The number of carbonyl (C=O) groups excluding carboxylic acids is 1. The van der Waals surface area contributed by atoms with E-state index in [2.05, 4.69) is 50.9 Å². The molecule has 4 nitrogen and oxygen atoms in total. The zero-order chi connectivity index (χ0) is 16.1. The summed E-state index contributed by atoms with van der Waals surface area (Å²) in [7, 11) is 0. The van der Waals surface area contributed by atoms with Crippen LogP contribution in [-0.2, 0) is 11.3 Å². The lowest BCUT2D eigenvalue weighted by molar-refractivity contribution is -0.122. The van der Waals surface area contributed by atoms with E-state index in [-0.39, 0.29) is 24.5 Å². The normalized spacial score (nSPS) is 14.0. The molecule has 22 heavy (non-hydrogen) atoms. The van der Waals surface area contributed by atoms with Crippen LogP contribution >= 0.6 is 15.9 Å². The largest absolute Gasteiger partial charge is 0.394 e. The fourth-order valence-corrected chi connectivity index (χ4v) is 2.85. The van der Waals surface area contributed by atoms with E-state index < -0.39 is 0 Å². The van der Waals surface area contributed by atoms with Crippen LogP contribution < -0.4 is 5.32 Å². The van der Waals surface area contributed by atoms with Crippen LogP contribution in [-0.4, -0.2) is 28.2 Å². The smallest absolute Gasteiger partial charge is 0.222 e. The second-order valence-electron chi connectivity index (χ2n) is 5.70. The molecule has 1 aromatic heterocycles. The number of hydrogen-bond donors (Lipinski definition) is 2. The van der Waals surface area contributed by atoms with Crippen LogP contribution in [0.2, 0.25) is 0 Å². The van der Waals surface area contributed by atoms with Gasteiger partial charge >= 0.3 is 0 Å². The lowest BCUT2D eigenvalue weighted by Gasteiger charge is -2.22. The number of nitrogens with one attached hydrogen (secondary N) is 1. The number of benzene rings is 1. The Balaban J connectivity index is 1.96. The summed E-state index contributed by atoms with van der Waals surface area (Å²) >= 11 is 3.48. The van der Waals surface area contributed by atoms with Crippen LogP contribution in [0.1, 0.15) is 26.7 Å². The maximum Gasteiger partial charge on any atom is 0.222 e. The topological polar surface area (TPSA) is 54.3 Å². The highest BCUT2D eigenvalue weighted by Gasteiger charge is 2.17. The molecule has 1 amide bonds. The number of aromatic nitrogens is 1. The van der Waals surface area contributed by atoms with Crippen molar-refractivity contribution in [2.75, 3.05) is 6.61 Å². The Morgan fingerprint density at radius 3 is 2.86 bits per heavy atom. The first-order chi connectivity index (χ1) is 10.5. The molecule has 0 aliphatic rings. The van der Waals surface area contributed by atoms with Gasteiger partial charge in [0.25, 0.3) is 0 Å². The van der Waals surface area contributed by atoms with Gasteiger partial charge in [0.15, 0.2) is 0 Å². The third-order valence-corrected chi connectivity index (χ3v) is 4.68. The SMILES string of the molecule is CCC(C)C(CO)NC(=O)CCn1ccc2ccc(Br)cc21. The van der Waals surface area contributed by atoms with E-state index in [9.17, 15) is 9.90 Å². The van der Waals surface area contributed by atoms with Gasteiger partial charge in [-0.2, -0.15) is 0 Å². The zero-order valence-corrected chi connectivity index (χ0v) is 14.6. The van der Waals surface area contributed by atoms with Crippen LogP contribution in [0, 0.1) is 5.92 Å². The molecule has 0 saturated carbocycles. The van der Waals surface area contributed by atoms with Gasteiger partial charge in [-0.25, -0.2) is 0 Å². The number of nitrogens with zero attached hydrogens (tertiary/aromatic N) is 1. The minimum absolute atomic E-state index is 0.0137. The molecular weight excluding hydrogens is 344 g/mol. The van der Waals surface area contributed by atoms with Crippen LogP contribution in [0.4, 0.5) is 0 Å². The highest BCUT2D eigenvalue weighted by Crippen LogP contribution is 2.21. The third-order valence-electron chi connectivity index (χ3n) is 4.19. The van der Waals surface area contributed by atoms with Crippen molar-refractivity contribution in [2.45, 2.75) is 39.3 Å². The first-order valence-electron chi connectivity index (χ1n) is 7.69. The average molecular weight is 367 g/mol. The molecule has 2 aromatic rings. The van der Waals surface area contributed by atoms with Crippen molar-refractivity contribution < 1.29 is 9.90 Å². The van der Waals surface area contributed by atoms with Gasteiger partial charge in [-0.3, -0.25) is 4.79 Å². The lowest BCUT2D eigenvalue weighted by atomic mass is 10.00. The molecule has 0 fully saturated rings. The van der Waals surface area contributed by atoms with E-state index in [0.29, 0.717) is 13.0 Å². The minimum Gasteiger partial charge on any atom is -0.394 e. The summed E-state index contributed by atoms with van der Waals surface area (Å²) in [6.45, 7) is 4.71. The third kappa shape index (κ3) is 4.11. The average Bonchev–Trinajstić information content (AvgIpc) is 2.92. The first-order valence-corrected chi connectivity index (χ1v) is 8.49. The summed E-state index contributed by atoms with van der Waals surface area (Å²) in [5.41, 5.74) is 1.11. The van der Waals surface area contributed by atoms with Crippen LogP contribution in [0.15, 0.2) is 34.9 Å². The Morgan fingerprint density at radius 1 is 1.41 bits per heavy atom. The Hall–Kier alpha value is -1.33. The van der Waals surface area contributed by atoms with E-state index in [1.54, 1.807) is 0 Å². The molecule has 1 heterocycles. The number of rotatable bonds is 7. The Morgan fingerprint density at radius 2 is 2.18 bits per heavy atom. The summed E-state index contributed by atoms with van der Waals surface area (Å²) < 4.78 is 3.11. The van der Waals surface area contributed by atoms with Crippen LogP contribution in [0.25, 0.3) is 10.9 Å². The molecule has 0 spiro atoms. The van der Waals surface area contributed by atoms with Gasteiger partial charge in [0.2, 0.25) is 5.91 Å². The summed E-state index contributed by atoms with van der Waals surface area (Å²) in [5.74, 6) is 0.258. The van der Waals surface area contributed by atoms with Crippen molar-refractivity contribution in [3.8, 4) is 0 Å². The van der Waals surface area contributed by atoms with E-state index in [0.717, 1.165) is 21.8 Å². The van der Waals surface area contributed by atoms with Gasteiger partial charge in [-0.05, 0) is 29.5 Å². The fourth-order valence-electron chi connectivity index (χ4n) is 2.51. The molecule has 2 rings (SSSR count). The van der Waals surface area contributed by atoms with Crippen molar-refractivity contribution in [3.63, 3.8) is 0 Å². The van der Waals surface area contributed by atoms with Crippen molar-refractivity contribution in [1.29, 1.82) is 0 Å². The van der Waals surface area contributed by atoms with Crippen molar-refractivity contribution in [2.24, 2.45) is 5.92 Å². The Kier molecular flexibility index (Phi) is 6.03. The molecule has 0 saturated heterocycles. The van der Waals surface area contributed by atoms with Gasteiger partial charge in [0.05, 0.1) is 12.6 Å². The number of halogens is 1. The molecule has 2 N–H and O–H groups in total. The number of carbonyl (C=O) groups is 1. The maximum atomic E-state index is 12.1. The standard InChI is InChI=1S/C17H23BrN2O2/c1-3-12(2)15(11-21)19-17(22)7-9-20-8-6-13-4-5-14(18)10-16(13)20/h4-6,8,10,12,15,21H,3,7,9,11H2,1-2H3,(H,19,22). The van der Waals surface area contributed by atoms with Crippen LogP contribution in [0.5, 0.6) is 0 Å². The summed E-state index contributed by atoms with van der Waals surface area (Å²) in [6, 6.07) is 8.02. The molecule has 5 heteroatoms. The van der Waals surface area contributed by atoms with Gasteiger partial charge in [-0.1, -0.05) is 42.3 Å². The van der Waals surface area contributed by atoms with Gasteiger partial charge < -0.3 is 15.0 Å². The molecule has 120 valence electrons. The molecule has 0 radical (unpaired) electrons. The molecule has 0 aliphatic heterocycles. The number of hydrogen-bond acceptors (Lipinski definition) is 2. The second kappa shape index (κ2) is 7.79. The quantitative estimate of drug-likeness (QED) is 0.789. The molecule has 0 bridgehead atoms. The highest BCUT2D eigenvalue weighted by atomic mass is 79.9. The fraction of sp³-hybridized carbons (Fsp3) is 0.471.